The molecule has 19 heavy (non-hydrogen) atoms. The molecule has 0 aromatic carbocycles. The number of rotatable bonds is 5. The number of aromatic amines is 1. The number of hydrogen-bond acceptors (Lipinski definition) is 3. The molecule has 0 spiro atoms. The first-order valence-corrected chi connectivity index (χ1v) is 7.10. The lowest BCUT2D eigenvalue weighted by molar-refractivity contribution is -0.182. The summed E-state index contributed by atoms with van der Waals surface area (Å²) in [4.78, 5) is 0. The van der Waals surface area contributed by atoms with Gasteiger partial charge in [-0.25, -0.2) is 0 Å². The first-order valence-electron chi connectivity index (χ1n) is 7.10. The fourth-order valence-electron chi connectivity index (χ4n) is 3.05. The molecule has 4 heteroatoms. The van der Waals surface area contributed by atoms with Gasteiger partial charge in [-0.3, -0.25) is 5.10 Å². The van der Waals surface area contributed by atoms with Gasteiger partial charge in [-0.2, -0.15) is 5.10 Å². The molecule has 0 radical (unpaired) electrons. The Kier molecular flexibility index (Phi) is 3.76. The number of ether oxygens (including phenoxy) is 1. The monoisotopic (exact) mass is 265 g/mol. The van der Waals surface area contributed by atoms with Crippen molar-refractivity contribution in [3.8, 4) is 0 Å². The van der Waals surface area contributed by atoms with Gasteiger partial charge in [0.15, 0.2) is 0 Å². The Bertz CT molecular complexity index is 440. The van der Waals surface area contributed by atoms with Crippen molar-refractivity contribution in [3.05, 3.63) is 17.5 Å². The number of aromatic nitrogens is 2. The lowest BCUT2D eigenvalue weighted by Crippen LogP contribution is -2.69. The zero-order chi connectivity index (χ0) is 14.3. The van der Waals surface area contributed by atoms with E-state index in [-0.39, 0.29) is 11.0 Å². The molecule has 3 atom stereocenters. The maximum Gasteiger partial charge on any atom is 0.0731 e. The summed E-state index contributed by atoms with van der Waals surface area (Å²) in [5.74, 6) is 0. The van der Waals surface area contributed by atoms with Crippen molar-refractivity contribution in [2.45, 2.75) is 65.1 Å². The Morgan fingerprint density at radius 1 is 1.53 bits per heavy atom. The second-order valence-corrected chi connectivity index (χ2v) is 6.73. The van der Waals surface area contributed by atoms with Gasteiger partial charge < -0.3 is 10.1 Å². The second kappa shape index (κ2) is 4.91. The van der Waals surface area contributed by atoms with Gasteiger partial charge in [0.2, 0.25) is 0 Å². The second-order valence-electron chi connectivity index (χ2n) is 6.73. The summed E-state index contributed by atoms with van der Waals surface area (Å²) in [5, 5.41) is 11.0. The van der Waals surface area contributed by atoms with Crippen LogP contribution in [-0.2, 0) is 11.2 Å². The number of nitrogens with one attached hydrogen (secondary N) is 2. The molecule has 1 saturated carbocycles. The molecule has 2 rings (SSSR count). The zero-order valence-corrected chi connectivity index (χ0v) is 13.0. The van der Waals surface area contributed by atoms with Gasteiger partial charge in [0, 0.05) is 36.7 Å². The van der Waals surface area contributed by atoms with Crippen molar-refractivity contribution in [2.24, 2.45) is 5.41 Å². The van der Waals surface area contributed by atoms with Crippen LogP contribution in [0.1, 0.15) is 45.5 Å². The molecular formula is C15H27N3O. The van der Waals surface area contributed by atoms with Crippen molar-refractivity contribution in [2.75, 3.05) is 7.11 Å². The van der Waals surface area contributed by atoms with Crippen LogP contribution in [0.5, 0.6) is 0 Å². The summed E-state index contributed by atoms with van der Waals surface area (Å²) < 4.78 is 5.66. The Labute approximate surface area is 116 Å². The third-order valence-electron chi connectivity index (χ3n) is 5.04. The molecule has 2 N–H and O–H groups in total. The normalized spacial score (nSPS) is 30.9. The van der Waals surface area contributed by atoms with E-state index >= 15 is 0 Å². The molecule has 1 heterocycles. The van der Waals surface area contributed by atoms with E-state index in [0.717, 1.165) is 24.2 Å². The molecule has 0 aliphatic heterocycles. The number of aryl methyl sites for hydroxylation is 1. The van der Waals surface area contributed by atoms with Crippen LogP contribution in [0.4, 0.5) is 0 Å². The van der Waals surface area contributed by atoms with E-state index in [9.17, 15) is 0 Å². The molecule has 1 aromatic rings. The van der Waals surface area contributed by atoms with Crippen LogP contribution < -0.4 is 5.32 Å². The molecule has 1 fully saturated rings. The third kappa shape index (κ3) is 2.56. The number of nitrogens with zero attached hydrogens (tertiary/aromatic N) is 1. The van der Waals surface area contributed by atoms with Crippen LogP contribution in [0, 0.1) is 12.3 Å². The Hall–Kier alpha value is -0.870. The highest BCUT2D eigenvalue weighted by atomic mass is 16.5. The standard InChI is InChI=1S/C15H27N3O/c1-10(7-12-8-11(2)17-18-12)16-13-9-15(5,19-6)14(13,3)4/h8,10,13,16H,7,9H2,1-6H3,(H,17,18)/t10-,13-,15+/m0/s1. The Morgan fingerprint density at radius 3 is 2.68 bits per heavy atom. The fraction of sp³-hybridized carbons (Fsp3) is 0.800. The highest BCUT2D eigenvalue weighted by Gasteiger charge is 2.57. The maximum atomic E-state index is 5.66. The van der Waals surface area contributed by atoms with E-state index in [2.05, 4.69) is 49.3 Å². The average molecular weight is 265 g/mol. The molecule has 1 aromatic heterocycles. The summed E-state index contributed by atoms with van der Waals surface area (Å²) in [5.41, 5.74) is 2.41. The highest BCUT2D eigenvalue weighted by molar-refractivity contribution is 5.13. The summed E-state index contributed by atoms with van der Waals surface area (Å²) >= 11 is 0. The van der Waals surface area contributed by atoms with Crippen LogP contribution in [0.15, 0.2) is 6.07 Å². The number of H-pyrrole nitrogens is 1. The van der Waals surface area contributed by atoms with Crippen molar-refractivity contribution in [1.82, 2.24) is 15.5 Å². The average Bonchev–Trinajstić information content (AvgIpc) is 2.73. The van der Waals surface area contributed by atoms with Crippen LogP contribution in [0.25, 0.3) is 0 Å². The first kappa shape index (κ1) is 14.5. The molecule has 1 aliphatic rings. The van der Waals surface area contributed by atoms with E-state index in [1.807, 2.05) is 14.0 Å². The Balaban J connectivity index is 1.89. The minimum atomic E-state index is -0.00664. The van der Waals surface area contributed by atoms with E-state index in [4.69, 9.17) is 4.74 Å². The van der Waals surface area contributed by atoms with Crippen molar-refractivity contribution >= 4 is 0 Å². The smallest absolute Gasteiger partial charge is 0.0731 e. The summed E-state index contributed by atoms with van der Waals surface area (Å²) in [6.07, 6.45) is 2.03. The maximum absolute atomic E-state index is 5.66. The van der Waals surface area contributed by atoms with E-state index in [1.54, 1.807) is 0 Å². The summed E-state index contributed by atoms with van der Waals surface area (Å²) in [6.45, 7) is 11.0. The topological polar surface area (TPSA) is 49.9 Å². The predicted octanol–water partition coefficient (Wildman–Crippen LogP) is 2.44. The quantitative estimate of drug-likeness (QED) is 0.859. The van der Waals surface area contributed by atoms with E-state index in [1.165, 1.54) is 0 Å². The largest absolute Gasteiger partial charge is 0.378 e. The SMILES string of the molecule is CO[C@]1(C)C[C@H](N[C@@H](C)Cc2cc(C)[nH]n2)C1(C)C. The molecule has 1 aliphatic carbocycles. The van der Waals surface area contributed by atoms with Gasteiger partial charge >= 0.3 is 0 Å². The van der Waals surface area contributed by atoms with Gasteiger partial charge in [0.05, 0.1) is 11.3 Å². The van der Waals surface area contributed by atoms with Crippen LogP contribution in [-0.4, -0.2) is 35.0 Å². The minimum absolute atomic E-state index is 0.00664. The molecule has 0 saturated heterocycles. The number of hydrogen-bond donors (Lipinski definition) is 2. The van der Waals surface area contributed by atoms with E-state index in [0.29, 0.717) is 12.1 Å². The molecule has 0 bridgehead atoms. The van der Waals surface area contributed by atoms with Crippen LogP contribution >= 0.6 is 0 Å². The predicted molar refractivity (Wildman–Crippen MR) is 77.2 cm³/mol. The van der Waals surface area contributed by atoms with Crippen LogP contribution in [0.2, 0.25) is 0 Å². The Morgan fingerprint density at radius 2 is 2.21 bits per heavy atom. The van der Waals surface area contributed by atoms with Crippen LogP contribution in [0.3, 0.4) is 0 Å². The molecule has 0 amide bonds. The highest BCUT2D eigenvalue weighted by Crippen LogP contribution is 2.51. The lowest BCUT2D eigenvalue weighted by Gasteiger charge is -2.60. The van der Waals surface area contributed by atoms with Crippen molar-refractivity contribution in [3.63, 3.8) is 0 Å². The molecule has 4 nitrogen and oxygen atoms in total. The van der Waals surface area contributed by atoms with E-state index < -0.39 is 0 Å². The van der Waals surface area contributed by atoms with Crippen molar-refractivity contribution in [1.29, 1.82) is 0 Å². The minimum Gasteiger partial charge on any atom is -0.378 e. The first-order chi connectivity index (χ1) is 8.78. The fourth-order valence-corrected chi connectivity index (χ4v) is 3.05. The molecule has 0 unspecified atom stereocenters. The third-order valence-corrected chi connectivity index (χ3v) is 5.04. The molecular weight excluding hydrogens is 238 g/mol. The van der Waals surface area contributed by atoms with Crippen molar-refractivity contribution < 1.29 is 4.74 Å². The van der Waals surface area contributed by atoms with Gasteiger partial charge in [0.25, 0.3) is 0 Å². The van der Waals surface area contributed by atoms with Gasteiger partial charge in [-0.05, 0) is 33.3 Å². The molecule has 108 valence electrons. The van der Waals surface area contributed by atoms with Gasteiger partial charge in [-0.15, -0.1) is 0 Å². The van der Waals surface area contributed by atoms with Gasteiger partial charge in [0.1, 0.15) is 0 Å². The number of methoxy groups -OCH3 is 1. The summed E-state index contributed by atoms with van der Waals surface area (Å²) in [7, 11) is 1.81. The summed E-state index contributed by atoms with van der Waals surface area (Å²) in [6, 6.07) is 3.05. The lowest BCUT2D eigenvalue weighted by atomic mass is 9.55. The van der Waals surface area contributed by atoms with Gasteiger partial charge in [-0.1, -0.05) is 13.8 Å². The zero-order valence-electron chi connectivity index (χ0n) is 13.0.